The van der Waals surface area contributed by atoms with Gasteiger partial charge in [-0.15, -0.1) is 0 Å². The molecule has 2 aromatic rings. The zero-order chi connectivity index (χ0) is 14.8. The molecule has 1 saturated heterocycles. The molecule has 112 valence electrons. The highest BCUT2D eigenvalue weighted by Crippen LogP contribution is 2.24. The molecule has 0 bridgehead atoms. The smallest absolute Gasteiger partial charge is 0.0430 e. The summed E-state index contributed by atoms with van der Waals surface area (Å²) in [5.74, 6) is 0. The van der Waals surface area contributed by atoms with Crippen LogP contribution >= 0.6 is 0 Å². The zero-order valence-electron chi connectivity index (χ0n) is 13.0. The third-order valence-electron chi connectivity index (χ3n) is 4.62. The second-order valence-corrected chi connectivity index (χ2v) is 6.28. The molecule has 1 aliphatic rings. The highest BCUT2D eigenvalue weighted by molar-refractivity contribution is 5.86. The minimum atomic E-state index is 0.0713. The lowest BCUT2D eigenvalue weighted by molar-refractivity contribution is 0.0947. The molecule has 3 rings (SSSR count). The highest BCUT2D eigenvalue weighted by atomic mass is 15.3. The SMILES string of the molecule is CC1CN(C)CCN1CC(N)c1cccc2ccccc12. The fourth-order valence-electron chi connectivity index (χ4n) is 3.37. The Balaban J connectivity index is 1.79. The van der Waals surface area contributed by atoms with Crippen LogP contribution in [0.3, 0.4) is 0 Å². The Morgan fingerprint density at radius 3 is 2.71 bits per heavy atom. The summed E-state index contributed by atoms with van der Waals surface area (Å²) in [6, 6.07) is 15.6. The quantitative estimate of drug-likeness (QED) is 0.939. The normalized spacial score (nSPS) is 22.5. The molecule has 0 spiro atoms. The summed E-state index contributed by atoms with van der Waals surface area (Å²) in [6.45, 7) is 6.60. The van der Waals surface area contributed by atoms with Gasteiger partial charge in [0.05, 0.1) is 0 Å². The largest absolute Gasteiger partial charge is 0.323 e. The zero-order valence-corrected chi connectivity index (χ0v) is 13.0. The van der Waals surface area contributed by atoms with Crippen LogP contribution in [0.15, 0.2) is 42.5 Å². The monoisotopic (exact) mass is 283 g/mol. The van der Waals surface area contributed by atoms with Gasteiger partial charge in [-0.25, -0.2) is 0 Å². The minimum absolute atomic E-state index is 0.0713. The van der Waals surface area contributed by atoms with Gasteiger partial charge in [-0.3, -0.25) is 4.90 Å². The molecule has 0 saturated carbocycles. The maximum absolute atomic E-state index is 6.53. The average Bonchev–Trinajstić information content (AvgIpc) is 2.49. The molecule has 3 heteroatoms. The van der Waals surface area contributed by atoms with E-state index >= 15 is 0 Å². The summed E-state index contributed by atoms with van der Waals surface area (Å²) in [6.07, 6.45) is 0. The molecule has 0 aliphatic carbocycles. The van der Waals surface area contributed by atoms with Gasteiger partial charge in [0.1, 0.15) is 0 Å². The molecule has 1 heterocycles. The number of rotatable bonds is 3. The van der Waals surface area contributed by atoms with Crippen LogP contribution in [0.25, 0.3) is 10.8 Å². The van der Waals surface area contributed by atoms with Gasteiger partial charge in [-0.2, -0.15) is 0 Å². The molecule has 0 amide bonds. The lowest BCUT2D eigenvalue weighted by Crippen LogP contribution is -2.52. The molecule has 1 fully saturated rings. The van der Waals surface area contributed by atoms with E-state index in [0.717, 1.165) is 26.2 Å². The van der Waals surface area contributed by atoms with Crippen molar-refractivity contribution < 1.29 is 0 Å². The lowest BCUT2D eigenvalue weighted by atomic mass is 9.98. The van der Waals surface area contributed by atoms with Crippen LogP contribution in [-0.4, -0.2) is 49.1 Å². The van der Waals surface area contributed by atoms with Crippen LogP contribution in [0.1, 0.15) is 18.5 Å². The number of benzene rings is 2. The summed E-state index contributed by atoms with van der Waals surface area (Å²) in [5.41, 5.74) is 7.80. The molecule has 21 heavy (non-hydrogen) atoms. The second kappa shape index (κ2) is 6.14. The maximum atomic E-state index is 6.53. The van der Waals surface area contributed by atoms with Crippen molar-refractivity contribution in [3.8, 4) is 0 Å². The number of fused-ring (bicyclic) bond motifs is 1. The van der Waals surface area contributed by atoms with Crippen molar-refractivity contribution in [2.45, 2.75) is 19.0 Å². The topological polar surface area (TPSA) is 32.5 Å². The molecule has 0 radical (unpaired) electrons. The first-order chi connectivity index (χ1) is 10.1. The van der Waals surface area contributed by atoms with Gasteiger partial charge in [-0.05, 0) is 30.3 Å². The van der Waals surface area contributed by atoms with Gasteiger partial charge >= 0.3 is 0 Å². The summed E-state index contributed by atoms with van der Waals surface area (Å²) in [4.78, 5) is 4.91. The van der Waals surface area contributed by atoms with Gasteiger partial charge < -0.3 is 10.6 Å². The predicted octanol–water partition coefficient (Wildman–Crippen LogP) is 2.48. The van der Waals surface area contributed by atoms with Crippen molar-refractivity contribution in [1.29, 1.82) is 0 Å². The standard InChI is InChI=1S/C18H25N3/c1-14-12-20(2)10-11-21(14)13-18(19)17-9-5-7-15-6-3-4-8-16(15)17/h3-9,14,18H,10-13,19H2,1-2H3. The Hall–Kier alpha value is -1.42. The number of piperazine rings is 1. The van der Waals surface area contributed by atoms with Crippen LogP contribution in [0, 0.1) is 0 Å². The van der Waals surface area contributed by atoms with Crippen molar-refractivity contribution in [2.24, 2.45) is 5.73 Å². The summed E-state index contributed by atoms with van der Waals surface area (Å²) >= 11 is 0. The summed E-state index contributed by atoms with van der Waals surface area (Å²) in [5, 5.41) is 2.56. The molecular formula is C18H25N3. The van der Waals surface area contributed by atoms with Gasteiger partial charge in [0.2, 0.25) is 0 Å². The lowest BCUT2D eigenvalue weighted by Gasteiger charge is -2.39. The Bertz CT molecular complexity index is 605. The van der Waals surface area contributed by atoms with Gasteiger partial charge in [0, 0.05) is 38.3 Å². The van der Waals surface area contributed by atoms with E-state index in [0.29, 0.717) is 6.04 Å². The fourth-order valence-corrected chi connectivity index (χ4v) is 3.37. The maximum Gasteiger partial charge on any atom is 0.0430 e. The van der Waals surface area contributed by atoms with E-state index in [1.807, 2.05) is 0 Å². The molecule has 2 aromatic carbocycles. The summed E-state index contributed by atoms with van der Waals surface area (Å²) in [7, 11) is 2.19. The van der Waals surface area contributed by atoms with Gasteiger partial charge in [-0.1, -0.05) is 42.5 Å². The summed E-state index contributed by atoms with van der Waals surface area (Å²) < 4.78 is 0. The minimum Gasteiger partial charge on any atom is -0.323 e. The third kappa shape index (κ3) is 3.10. The van der Waals surface area contributed by atoms with Crippen molar-refractivity contribution in [2.75, 3.05) is 33.2 Å². The highest BCUT2D eigenvalue weighted by Gasteiger charge is 2.23. The fraction of sp³-hybridized carbons (Fsp3) is 0.444. The van der Waals surface area contributed by atoms with Crippen LogP contribution < -0.4 is 5.73 Å². The first kappa shape index (κ1) is 14.5. The predicted molar refractivity (Wildman–Crippen MR) is 89.4 cm³/mol. The Morgan fingerprint density at radius 2 is 1.90 bits per heavy atom. The Morgan fingerprint density at radius 1 is 1.14 bits per heavy atom. The van der Waals surface area contributed by atoms with E-state index < -0.39 is 0 Å². The van der Waals surface area contributed by atoms with E-state index in [9.17, 15) is 0 Å². The Labute approximate surface area is 127 Å². The Kier molecular flexibility index (Phi) is 4.24. The molecule has 2 N–H and O–H groups in total. The molecule has 1 aliphatic heterocycles. The first-order valence-corrected chi connectivity index (χ1v) is 7.81. The molecule has 2 atom stereocenters. The number of hydrogen-bond acceptors (Lipinski definition) is 3. The van der Waals surface area contributed by atoms with Gasteiger partial charge in [0.15, 0.2) is 0 Å². The molecule has 2 unspecified atom stereocenters. The van der Waals surface area contributed by atoms with Gasteiger partial charge in [0.25, 0.3) is 0 Å². The molecule has 3 nitrogen and oxygen atoms in total. The number of nitrogens with zero attached hydrogens (tertiary/aromatic N) is 2. The first-order valence-electron chi connectivity index (χ1n) is 7.81. The van der Waals surface area contributed by atoms with Crippen LogP contribution in [-0.2, 0) is 0 Å². The van der Waals surface area contributed by atoms with E-state index in [1.165, 1.54) is 16.3 Å². The van der Waals surface area contributed by atoms with Crippen LogP contribution in [0.2, 0.25) is 0 Å². The second-order valence-electron chi connectivity index (χ2n) is 6.28. The number of nitrogens with two attached hydrogens (primary N) is 1. The average molecular weight is 283 g/mol. The van der Waals surface area contributed by atoms with E-state index in [2.05, 4.69) is 66.2 Å². The van der Waals surface area contributed by atoms with Crippen molar-refractivity contribution in [3.63, 3.8) is 0 Å². The van der Waals surface area contributed by atoms with Crippen molar-refractivity contribution in [1.82, 2.24) is 9.80 Å². The number of hydrogen-bond donors (Lipinski definition) is 1. The number of likely N-dealkylation sites (N-methyl/N-ethyl adjacent to an activating group) is 1. The third-order valence-corrected chi connectivity index (χ3v) is 4.62. The van der Waals surface area contributed by atoms with Crippen LogP contribution in [0.4, 0.5) is 0 Å². The molecular weight excluding hydrogens is 258 g/mol. The molecule has 0 aromatic heterocycles. The van der Waals surface area contributed by atoms with Crippen molar-refractivity contribution in [3.05, 3.63) is 48.0 Å². The van der Waals surface area contributed by atoms with Crippen molar-refractivity contribution >= 4 is 10.8 Å². The van der Waals surface area contributed by atoms with E-state index in [-0.39, 0.29) is 6.04 Å². The van der Waals surface area contributed by atoms with E-state index in [4.69, 9.17) is 5.73 Å². The van der Waals surface area contributed by atoms with Crippen LogP contribution in [0.5, 0.6) is 0 Å². The van der Waals surface area contributed by atoms with E-state index in [1.54, 1.807) is 0 Å².